The van der Waals surface area contributed by atoms with Crippen LogP contribution in [0, 0.1) is 21.7 Å². The molecule has 4 heterocycles. The van der Waals surface area contributed by atoms with Gasteiger partial charge in [0.15, 0.2) is 0 Å². The van der Waals surface area contributed by atoms with E-state index in [4.69, 9.17) is 0 Å². The van der Waals surface area contributed by atoms with E-state index in [2.05, 4.69) is 0 Å². The van der Waals surface area contributed by atoms with Crippen molar-refractivity contribution < 1.29 is 19.2 Å². The molecule has 4 aliphatic heterocycles. The average Bonchev–Trinajstić information content (AvgIpc) is 2.93. The van der Waals surface area contributed by atoms with E-state index in [-0.39, 0.29) is 23.6 Å². The molecule has 6 nitrogen and oxygen atoms in total. The molecular formula is C19H22N2O4. The first-order valence-electron chi connectivity index (χ1n) is 9.76. The fraction of sp³-hybridized carbons (Fsp3) is 0.789. The van der Waals surface area contributed by atoms with Crippen molar-refractivity contribution in [2.24, 2.45) is 21.7 Å². The highest BCUT2D eigenvalue weighted by atomic mass is 16.2. The largest absolute Gasteiger partial charge is 0.281 e. The summed E-state index contributed by atoms with van der Waals surface area (Å²) in [7, 11) is 0. The zero-order valence-corrected chi connectivity index (χ0v) is 14.3. The number of imide groups is 2. The molecule has 6 heteroatoms. The average molecular weight is 342 g/mol. The van der Waals surface area contributed by atoms with Crippen LogP contribution >= 0.6 is 0 Å². The van der Waals surface area contributed by atoms with Gasteiger partial charge in [-0.2, -0.15) is 0 Å². The Morgan fingerprint density at radius 2 is 0.760 bits per heavy atom. The van der Waals surface area contributed by atoms with Crippen LogP contribution in [-0.4, -0.2) is 46.5 Å². The van der Waals surface area contributed by atoms with Gasteiger partial charge in [0.2, 0.25) is 23.6 Å². The third kappa shape index (κ3) is 0.949. The van der Waals surface area contributed by atoms with Crippen LogP contribution in [0.2, 0.25) is 0 Å². The van der Waals surface area contributed by atoms with Crippen molar-refractivity contribution in [1.29, 1.82) is 0 Å². The Morgan fingerprint density at radius 3 is 1.04 bits per heavy atom. The van der Waals surface area contributed by atoms with E-state index in [9.17, 15) is 19.2 Å². The number of carbonyl (C=O) groups is 4. The summed E-state index contributed by atoms with van der Waals surface area (Å²) >= 11 is 0. The van der Waals surface area contributed by atoms with Crippen LogP contribution in [0.25, 0.3) is 0 Å². The van der Waals surface area contributed by atoms with Crippen LogP contribution in [0.5, 0.6) is 0 Å². The molecule has 0 aromatic carbocycles. The van der Waals surface area contributed by atoms with Crippen molar-refractivity contribution in [2.45, 2.75) is 57.8 Å². The molecule has 6 bridgehead atoms. The quantitative estimate of drug-likeness (QED) is 0.621. The maximum Gasteiger partial charge on any atom is 0.237 e. The van der Waals surface area contributed by atoms with Gasteiger partial charge >= 0.3 is 0 Å². The van der Waals surface area contributed by atoms with Crippen molar-refractivity contribution in [3.05, 3.63) is 0 Å². The fourth-order valence-corrected chi connectivity index (χ4v) is 8.45. The van der Waals surface area contributed by atoms with Gasteiger partial charge < -0.3 is 0 Å². The smallest absolute Gasteiger partial charge is 0.237 e. The molecule has 132 valence electrons. The van der Waals surface area contributed by atoms with Gasteiger partial charge in [0, 0.05) is 13.1 Å². The minimum Gasteiger partial charge on any atom is -0.281 e. The first-order chi connectivity index (χ1) is 12.0. The summed E-state index contributed by atoms with van der Waals surface area (Å²) in [5, 5.41) is 0. The zero-order valence-electron chi connectivity index (χ0n) is 14.3. The molecule has 0 aromatic rings. The van der Waals surface area contributed by atoms with Crippen molar-refractivity contribution in [1.82, 2.24) is 9.80 Å². The highest BCUT2D eigenvalue weighted by molar-refractivity contribution is 6.25. The van der Waals surface area contributed by atoms with Crippen LogP contribution in [0.3, 0.4) is 0 Å². The van der Waals surface area contributed by atoms with E-state index in [0.29, 0.717) is 45.2 Å². The minimum atomic E-state index is -0.929. The SMILES string of the molecule is O=C1N2CCCN3C(=O)C45CCCCC4(C3=O)C3(CCCCC135)C2=O. The summed E-state index contributed by atoms with van der Waals surface area (Å²) in [5.74, 6) is -0.501. The molecule has 0 unspecified atom stereocenters. The van der Waals surface area contributed by atoms with Gasteiger partial charge in [-0.15, -0.1) is 0 Å². The Labute approximate surface area is 145 Å². The molecule has 4 saturated heterocycles. The predicted molar refractivity (Wildman–Crippen MR) is 84.7 cm³/mol. The first kappa shape index (κ1) is 14.4. The van der Waals surface area contributed by atoms with Crippen LogP contribution in [0.4, 0.5) is 0 Å². The Kier molecular flexibility index (Phi) is 2.22. The maximum atomic E-state index is 13.6. The summed E-state index contributed by atoms with van der Waals surface area (Å²) in [6, 6.07) is 0. The van der Waals surface area contributed by atoms with Gasteiger partial charge in [0.05, 0.1) is 21.7 Å². The summed E-state index contributed by atoms with van der Waals surface area (Å²) in [4.78, 5) is 57.3. The van der Waals surface area contributed by atoms with E-state index >= 15 is 0 Å². The molecule has 7 aliphatic rings. The highest BCUT2D eigenvalue weighted by Crippen LogP contribution is 2.91. The number of amides is 4. The molecule has 0 atom stereocenters. The Bertz CT molecular complexity index is 652. The molecule has 0 N–H and O–H groups in total. The number of nitrogens with zero attached hydrogens (tertiary/aromatic N) is 2. The Balaban J connectivity index is 1.78. The number of rotatable bonds is 0. The molecule has 4 amide bonds. The lowest BCUT2D eigenvalue weighted by Crippen LogP contribution is -2.83. The lowest BCUT2D eigenvalue weighted by Gasteiger charge is -2.75. The third-order valence-corrected chi connectivity index (χ3v) is 8.83. The summed E-state index contributed by atoms with van der Waals surface area (Å²) < 4.78 is 0. The van der Waals surface area contributed by atoms with Crippen molar-refractivity contribution in [3.63, 3.8) is 0 Å². The van der Waals surface area contributed by atoms with Crippen molar-refractivity contribution >= 4 is 23.6 Å². The van der Waals surface area contributed by atoms with Gasteiger partial charge in [-0.1, -0.05) is 25.7 Å². The third-order valence-electron chi connectivity index (χ3n) is 8.83. The molecule has 3 saturated carbocycles. The van der Waals surface area contributed by atoms with Gasteiger partial charge in [-0.25, -0.2) is 0 Å². The van der Waals surface area contributed by atoms with Crippen LogP contribution < -0.4 is 0 Å². The first-order valence-corrected chi connectivity index (χ1v) is 9.76. The van der Waals surface area contributed by atoms with E-state index in [1.54, 1.807) is 0 Å². The highest BCUT2D eigenvalue weighted by Gasteiger charge is 3.01. The van der Waals surface area contributed by atoms with Crippen LogP contribution in [0.1, 0.15) is 57.8 Å². The van der Waals surface area contributed by atoms with E-state index < -0.39 is 21.7 Å². The summed E-state index contributed by atoms with van der Waals surface area (Å²) in [6.07, 6.45) is 6.38. The standard InChI is InChI=1S/C19H22N2O4/c22-12-16-6-1-2-7-17(16)13(23)20(12)10-5-11-21-14(24)18(16)8-3-4-9-19(17,18)15(21)25/h1-11H2. The summed E-state index contributed by atoms with van der Waals surface area (Å²) in [5.41, 5.74) is -3.72. The molecule has 4 spiro atoms. The molecule has 3 aliphatic carbocycles. The number of hydrogen-bond donors (Lipinski definition) is 0. The topological polar surface area (TPSA) is 74.8 Å². The lowest BCUT2D eigenvalue weighted by molar-refractivity contribution is -0.291. The number of fused-ring (bicyclic) bond motifs is 2. The zero-order chi connectivity index (χ0) is 17.2. The van der Waals surface area contributed by atoms with E-state index in [0.717, 1.165) is 25.7 Å². The molecular weight excluding hydrogens is 320 g/mol. The van der Waals surface area contributed by atoms with Gasteiger partial charge in [0.25, 0.3) is 0 Å². The molecule has 7 fully saturated rings. The lowest BCUT2D eigenvalue weighted by atomic mass is 9.20. The fourth-order valence-electron chi connectivity index (χ4n) is 8.45. The summed E-state index contributed by atoms with van der Waals surface area (Å²) in [6.45, 7) is 0.703. The van der Waals surface area contributed by atoms with Gasteiger partial charge in [0.1, 0.15) is 0 Å². The number of carbonyl (C=O) groups excluding carboxylic acids is 4. The molecule has 0 aromatic heterocycles. The second kappa shape index (κ2) is 3.84. The second-order valence-electron chi connectivity index (χ2n) is 8.91. The minimum absolute atomic E-state index is 0.125. The Hall–Kier alpha value is -1.72. The Morgan fingerprint density at radius 1 is 0.480 bits per heavy atom. The monoisotopic (exact) mass is 342 g/mol. The van der Waals surface area contributed by atoms with Crippen molar-refractivity contribution in [3.8, 4) is 0 Å². The normalized spacial score (nSPS) is 50.2. The predicted octanol–water partition coefficient (Wildman–Crippen LogP) is 1.23. The van der Waals surface area contributed by atoms with E-state index in [1.165, 1.54) is 9.80 Å². The van der Waals surface area contributed by atoms with Crippen LogP contribution in [0.15, 0.2) is 0 Å². The molecule has 7 rings (SSSR count). The molecule has 0 radical (unpaired) electrons. The van der Waals surface area contributed by atoms with Crippen LogP contribution in [-0.2, 0) is 19.2 Å². The molecule has 25 heavy (non-hydrogen) atoms. The number of hydrogen-bond acceptors (Lipinski definition) is 4. The van der Waals surface area contributed by atoms with Crippen molar-refractivity contribution in [2.75, 3.05) is 13.1 Å². The van der Waals surface area contributed by atoms with Gasteiger partial charge in [-0.3, -0.25) is 29.0 Å². The van der Waals surface area contributed by atoms with Gasteiger partial charge in [-0.05, 0) is 32.1 Å². The van der Waals surface area contributed by atoms with E-state index in [1.807, 2.05) is 0 Å². The maximum absolute atomic E-state index is 13.6. The second-order valence-corrected chi connectivity index (χ2v) is 8.91.